The van der Waals surface area contributed by atoms with Crippen LogP contribution in [0.25, 0.3) is 0 Å². The van der Waals surface area contributed by atoms with Gasteiger partial charge in [0.05, 0.1) is 0 Å². The van der Waals surface area contributed by atoms with Crippen molar-refractivity contribution in [2.45, 2.75) is 43.6 Å². The minimum Gasteiger partial charge on any atom is -0.381 e. The van der Waals surface area contributed by atoms with Crippen molar-refractivity contribution in [2.24, 2.45) is 11.7 Å². The van der Waals surface area contributed by atoms with Gasteiger partial charge >= 0.3 is 0 Å². The second-order valence-electron chi connectivity index (χ2n) is 7.00. The molecule has 1 aliphatic carbocycles. The molecule has 1 amide bonds. The molecule has 3 N–H and O–H groups in total. The minimum absolute atomic E-state index is 0.0394. The maximum Gasteiger partial charge on any atom is 0.223 e. The molecule has 1 saturated heterocycles. The molecule has 0 spiro atoms. The molecule has 3 rings (SSSR count). The summed E-state index contributed by atoms with van der Waals surface area (Å²) in [5, 5.41) is 4.43. The standard InChI is InChI=1S/C18H24Cl2N2O2/c19-13-2-4-15(16(20)10-13)18(5-7-24-8-6-18)11-22-17(23)12-1-3-14(21)9-12/h2,4,10,12,14H,1,3,5-9,11,21H2,(H,22,23)/t12-,14-/m1/s1. The molecule has 0 radical (unpaired) electrons. The second-order valence-corrected chi connectivity index (χ2v) is 7.85. The number of carbonyl (C=O) groups is 1. The largest absolute Gasteiger partial charge is 0.381 e. The predicted octanol–water partition coefficient (Wildman–Crippen LogP) is 3.29. The number of rotatable bonds is 4. The highest BCUT2D eigenvalue weighted by molar-refractivity contribution is 6.35. The molecule has 0 aromatic heterocycles. The lowest BCUT2D eigenvalue weighted by Gasteiger charge is -2.38. The third-order valence-electron chi connectivity index (χ3n) is 5.40. The van der Waals surface area contributed by atoms with Crippen LogP contribution < -0.4 is 11.1 Å². The Balaban J connectivity index is 1.75. The van der Waals surface area contributed by atoms with Gasteiger partial charge in [0.1, 0.15) is 0 Å². The quantitative estimate of drug-likeness (QED) is 0.854. The maximum absolute atomic E-state index is 12.5. The van der Waals surface area contributed by atoms with Crippen molar-refractivity contribution in [1.29, 1.82) is 0 Å². The zero-order chi connectivity index (χ0) is 17.2. The molecular weight excluding hydrogens is 347 g/mol. The Morgan fingerprint density at radius 1 is 1.29 bits per heavy atom. The van der Waals surface area contributed by atoms with Crippen LogP contribution >= 0.6 is 23.2 Å². The molecule has 0 unspecified atom stereocenters. The summed E-state index contributed by atoms with van der Waals surface area (Å²) in [7, 11) is 0. The molecule has 0 bridgehead atoms. The van der Waals surface area contributed by atoms with Gasteiger partial charge < -0.3 is 15.8 Å². The summed E-state index contributed by atoms with van der Waals surface area (Å²) in [5.41, 5.74) is 6.77. The monoisotopic (exact) mass is 370 g/mol. The molecule has 24 heavy (non-hydrogen) atoms. The summed E-state index contributed by atoms with van der Waals surface area (Å²) in [5.74, 6) is 0.150. The third kappa shape index (κ3) is 3.88. The molecule has 132 valence electrons. The molecule has 4 nitrogen and oxygen atoms in total. The van der Waals surface area contributed by atoms with Gasteiger partial charge in [-0.1, -0.05) is 29.3 Å². The van der Waals surface area contributed by atoms with Crippen molar-refractivity contribution in [3.63, 3.8) is 0 Å². The lowest BCUT2D eigenvalue weighted by atomic mass is 9.74. The number of amides is 1. The van der Waals surface area contributed by atoms with Gasteiger partial charge in [-0.05, 0) is 49.8 Å². The normalized spacial score (nSPS) is 26.3. The molecule has 1 aromatic carbocycles. The van der Waals surface area contributed by atoms with Crippen LogP contribution in [0.4, 0.5) is 0 Å². The van der Waals surface area contributed by atoms with Gasteiger partial charge in [-0.3, -0.25) is 4.79 Å². The van der Waals surface area contributed by atoms with E-state index < -0.39 is 0 Å². The van der Waals surface area contributed by atoms with E-state index in [4.69, 9.17) is 33.7 Å². The second kappa shape index (κ2) is 7.61. The molecule has 1 aromatic rings. The Bertz CT molecular complexity index is 603. The molecule has 2 aliphatic rings. The molecule has 1 aliphatic heterocycles. The summed E-state index contributed by atoms with van der Waals surface area (Å²) in [4.78, 5) is 12.5. The minimum atomic E-state index is -0.198. The van der Waals surface area contributed by atoms with E-state index in [9.17, 15) is 4.79 Å². The van der Waals surface area contributed by atoms with Gasteiger partial charge in [-0.2, -0.15) is 0 Å². The summed E-state index contributed by atoms with van der Waals surface area (Å²) in [6.45, 7) is 1.91. The number of ether oxygens (including phenoxy) is 1. The Kier molecular flexibility index (Phi) is 5.70. The number of halogens is 2. The third-order valence-corrected chi connectivity index (χ3v) is 5.95. The topological polar surface area (TPSA) is 64.4 Å². The maximum atomic E-state index is 12.5. The highest BCUT2D eigenvalue weighted by Crippen LogP contribution is 2.39. The smallest absolute Gasteiger partial charge is 0.223 e. The first-order valence-corrected chi connectivity index (χ1v) is 9.32. The van der Waals surface area contributed by atoms with E-state index in [1.54, 1.807) is 6.07 Å². The van der Waals surface area contributed by atoms with Gasteiger partial charge in [0.25, 0.3) is 0 Å². The number of carbonyl (C=O) groups excluding carboxylic acids is 1. The molecule has 1 heterocycles. The zero-order valence-electron chi connectivity index (χ0n) is 13.7. The fraction of sp³-hybridized carbons (Fsp3) is 0.611. The predicted molar refractivity (Wildman–Crippen MR) is 96.5 cm³/mol. The Hall–Kier alpha value is -0.810. The highest BCUT2D eigenvalue weighted by atomic mass is 35.5. The van der Waals surface area contributed by atoms with E-state index in [1.165, 1.54) is 0 Å². The van der Waals surface area contributed by atoms with Crippen LogP contribution in [0.5, 0.6) is 0 Å². The van der Waals surface area contributed by atoms with Crippen LogP contribution in [-0.2, 0) is 14.9 Å². The fourth-order valence-corrected chi connectivity index (χ4v) is 4.49. The first-order valence-electron chi connectivity index (χ1n) is 8.57. The van der Waals surface area contributed by atoms with Gasteiger partial charge in [0, 0.05) is 47.2 Å². The van der Waals surface area contributed by atoms with E-state index >= 15 is 0 Å². The lowest BCUT2D eigenvalue weighted by molar-refractivity contribution is -0.125. The van der Waals surface area contributed by atoms with Crippen molar-refractivity contribution < 1.29 is 9.53 Å². The van der Waals surface area contributed by atoms with Crippen LogP contribution in [0, 0.1) is 5.92 Å². The Morgan fingerprint density at radius 3 is 2.67 bits per heavy atom. The Morgan fingerprint density at radius 2 is 2.04 bits per heavy atom. The number of hydrogen-bond acceptors (Lipinski definition) is 3. The first kappa shape index (κ1) is 18.0. The SMILES string of the molecule is N[C@@H]1CC[C@@H](C(=O)NCC2(c3ccc(Cl)cc3Cl)CCOCC2)C1. The van der Waals surface area contributed by atoms with Gasteiger partial charge in [0.2, 0.25) is 5.91 Å². The van der Waals surface area contributed by atoms with Gasteiger partial charge in [-0.25, -0.2) is 0 Å². The number of benzene rings is 1. The fourth-order valence-electron chi connectivity index (χ4n) is 3.88. The average Bonchev–Trinajstić information content (AvgIpc) is 3.00. The van der Waals surface area contributed by atoms with Crippen LogP contribution in [0.1, 0.15) is 37.7 Å². The molecular formula is C18H24Cl2N2O2. The number of hydrogen-bond donors (Lipinski definition) is 2. The van der Waals surface area contributed by atoms with E-state index in [0.29, 0.717) is 29.8 Å². The summed E-state index contributed by atoms with van der Waals surface area (Å²) >= 11 is 12.5. The van der Waals surface area contributed by atoms with E-state index in [-0.39, 0.29) is 23.3 Å². The van der Waals surface area contributed by atoms with E-state index in [2.05, 4.69) is 5.32 Å². The lowest BCUT2D eigenvalue weighted by Crippen LogP contribution is -2.46. The van der Waals surface area contributed by atoms with Crippen LogP contribution in [0.3, 0.4) is 0 Å². The van der Waals surface area contributed by atoms with E-state index in [1.807, 2.05) is 12.1 Å². The molecule has 6 heteroatoms. The number of nitrogens with one attached hydrogen (secondary N) is 1. The zero-order valence-corrected chi connectivity index (χ0v) is 15.2. The van der Waals surface area contributed by atoms with Gasteiger partial charge in [0.15, 0.2) is 0 Å². The molecule has 2 fully saturated rings. The average molecular weight is 371 g/mol. The summed E-state index contributed by atoms with van der Waals surface area (Å²) < 4.78 is 5.53. The van der Waals surface area contributed by atoms with Crippen molar-refractivity contribution >= 4 is 29.1 Å². The molecule has 1 saturated carbocycles. The van der Waals surface area contributed by atoms with Crippen molar-refractivity contribution in [3.8, 4) is 0 Å². The van der Waals surface area contributed by atoms with Crippen LogP contribution in [0.2, 0.25) is 10.0 Å². The van der Waals surface area contributed by atoms with Crippen molar-refractivity contribution in [1.82, 2.24) is 5.32 Å². The first-order chi connectivity index (χ1) is 11.5. The van der Waals surface area contributed by atoms with Gasteiger partial charge in [-0.15, -0.1) is 0 Å². The van der Waals surface area contributed by atoms with Crippen molar-refractivity contribution in [3.05, 3.63) is 33.8 Å². The Labute approximate surface area is 153 Å². The summed E-state index contributed by atoms with van der Waals surface area (Å²) in [6, 6.07) is 5.77. The number of nitrogens with two attached hydrogens (primary N) is 1. The van der Waals surface area contributed by atoms with Crippen molar-refractivity contribution in [2.75, 3.05) is 19.8 Å². The van der Waals surface area contributed by atoms with Crippen LogP contribution in [-0.4, -0.2) is 31.7 Å². The van der Waals surface area contributed by atoms with E-state index in [0.717, 1.165) is 37.7 Å². The summed E-state index contributed by atoms with van der Waals surface area (Å²) in [6.07, 6.45) is 4.26. The molecule has 2 atom stereocenters. The highest BCUT2D eigenvalue weighted by Gasteiger charge is 2.37. The van der Waals surface area contributed by atoms with Crippen LogP contribution in [0.15, 0.2) is 18.2 Å².